The Morgan fingerprint density at radius 2 is 1.81 bits per heavy atom. The molecule has 4 rings (SSSR count). The molecular weight excluding hydrogens is 336 g/mol. The van der Waals surface area contributed by atoms with Gasteiger partial charge in [-0.05, 0) is 35.9 Å². The van der Waals surface area contributed by atoms with Gasteiger partial charge in [0.05, 0.1) is 11.9 Å². The Bertz CT molecular complexity index is 1180. The minimum absolute atomic E-state index is 0.0222. The Labute approximate surface area is 156 Å². The quantitative estimate of drug-likeness (QED) is 0.432. The minimum Gasteiger partial charge on any atom is -0.329 e. The Morgan fingerprint density at radius 1 is 1.00 bits per heavy atom. The van der Waals surface area contributed by atoms with Gasteiger partial charge in [-0.1, -0.05) is 30.3 Å². The lowest BCUT2D eigenvalue weighted by Crippen LogP contribution is -2.26. The first-order valence-electron chi connectivity index (χ1n) is 8.49. The summed E-state index contributed by atoms with van der Waals surface area (Å²) >= 11 is 0. The van der Waals surface area contributed by atoms with Crippen molar-refractivity contribution < 1.29 is 0 Å². The van der Waals surface area contributed by atoms with E-state index in [1.807, 2.05) is 72.7 Å². The Morgan fingerprint density at radius 3 is 2.59 bits per heavy atom. The third kappa shape index (κ3) is 2.97. The minimum atomic E-state index is 0.0222. The van der Waals surface area contributed by atoms with E-state index >= 15 is 0 Å². The van der Waals surface area contributed by atoms with Crippen LogP contribution in [-0.2, 0) is 0 Å². The van der Waals surface area contributed by atoms with Crippen LogP contribution in [0.4, 0.5) is 11.5 Å². The van der Waals surface area contributed by atoms with Crippen LogP contribution >= 0.6 is 0 Å². The largest absolute Gasteiger partial charge is 0.329 e. The average molecular weight is 354 g/mol. The van der Waals surface area contributed by atoms with Gasteiger partial charge in [0.2, 0.25) is 5.62 Å². The summed E-state index contributed by atoms with van der Waals surface area (Å²) in [5.41, 5.74) is 3.86. The van der Waals surface area contributed by atoms with E-state index in [2.05, 4.69) is 16.0 Å². The molecule has 0 aliphatic heterocycles. The number of fused-ring (bicyclic) bond motifs is 1. The summed E-state index contributed by atoms with van der Waals surface area (Å²) in [5.74, 6) is 0.678. The summed E-state index contributed by atoms with van der Waals surface area (Å²) in [7, 11) is 1.94. The molecule has 0 atom stereocenters. The van der Waals surface area contributed by atoms with Gasteiger partial charge in [0.1, 0.15) is 5.82 Å². The fourth-order valence-corrected chi connectivity index (χ4v) is 3.14. The van der Waals surface area contributed by atoms with E-state index in [1.165, 1.54) is 4.57 Å². The van der Waals surface area contributed by atoms with Crippen molar-refractivity contribution in [2.75, 3.05) is 11.9 Å². The smallest absolute Gasteiger partial charge is 0.229 e. The number of benzene rings is 2. The molecular formula is C21H18N6. The average Bonchev–Trinajstić information content (AvgIpc) is 2.73. The molecule has 2 aromatic heterocycles. The summed E-state index contributed by atoms with van der Waals surface area (Å²) in [4.78, 5) is 10.6. The summed E-state index contributed by atoms with van der Waals surface area (Å²) in [6.45, 7) is 0. The maximum atomic E-state index is 8.19. The van der Waals surface area contributed by atoms with E-state index in [0.29, 0.717) is 5.82 Å². The second kappa shape index (κ2) is 6.84. The zero-order valence-electron chi connectivity index (χ0n) is 14.8. The van der Waals surface area contributed by atoms with Gasteiger partial charge in [0.15, 0.2) is 0 Å². The van der Waals surface area contributed by atoms with Crippen molar-refractivity contribution in [1.82, 2.24) is 14.5 Å². The molecule has 27 heavy (non-hydrogen) atoms. The third-order valence-corrected chi connectivity index (χ3v) is 4.52. The summed E-state index contributed by atoms with van der Waals surface area (Å²) < 4.78 is 1.46. The lowest BCUT2D eigenvalue weighted by Gasteiger charge is -2.21. The number of rotatable bonds is 4. The number of nitrogens with one attached hydrogen (secondary N) is 2. The molecule has 4 aromatic rings. The SMILES string of the molecule is CN(c1cccc(-c2cccnc2)c1)c1nc(=N)n(C=N)c2ccccc12. The zero-order valence-corrected chi connectivity index (χ0v) is 14.8. The van der Waals surface area contributed by atoms with Crippen molar-refractivity contribution in [2.45, 2.75) is 0 Å². The standard InChI is InChI=1S/C21H18N6/c1-26(17-8-4-6-15(12-17)16-7-5-11-24-13-16)20-18-9-2-3-10-19(18)27(14-22)21(23)25-20/h2-14,22-23H,1H3. The van der Waals surface area contributed by atoms with Crippen molar-refractivity contribution in [1.29, 1.82) is 10.8 Å². The second-order valence-corrected chi connectivity index (χ2v) is 6.13. The van der Waals surface area contributed by atoms with Crippen LogP contribution < -0.4 is 10.5 Å². The fourth-order valence-electron chi connectivity index (χ4n) is 3.14. The first-order chi connectivity index (χ1) is 13.2. The summed E-state index contributed by atoms with van der Waals surface area (Å²) in [5, 5.41) is 16.7. The van der Waals surface area contributed by atoms with Crippen LogP contribution in [0.2, 0.25) is 0 Å². The third-order valence-electron chi connectivity index (χ3n) is 4.52. The predicted molar refractivity (Wildman–Crippen MR) is 108 cm³/mol. The topological polar surface area (TPSA) is 81.7 Å². The monoisotopic (exact) mass is 354 g/mol. The molecule has 6 nitrogen and oxygen atoms in total. The highest BCUT2D eigenvalue weighted by Crippen LogP contribution is 2.30. The summed E-state index contributed by atoms with van der Waals surface area (Å²) in [6.07, 6.45) is 4.71. The number of para-hydroxylation sites is 1. The van der Waals surface area contributed by atoms with Crippen molar-refractivity contribution in [3.8, 4) is 11.1 Å². The van der Waals surface area contributed by atoms with Gasteiger partial charge in [-0.3, -0.25) is 20.4 Å². The van der Waals surface area contributed by atoms with Crippen molar-refractivity contribution in [3.63, 3.8) is 0 Å². The number of anilines is 2. The van der Waals surface area contributed by atoms with Crippen LogP contribution in [0.5, 0.6) is 0 Å². The number of hydrogen-bond donors (Lipinski definition) is 2. The van der Waals surface area contributed by atoms with E-state index < -0.39 is 0 Å². The van der Waals surface area contributed by atoms with Crippen LogP contribution in [0.1, 0.15) is 0 Å². The molecule has 0 amide bonds. The zero-order chi connectivity index (χ0) is 18.8. The highest BCUT2D eigenvalue weighted by molar-refractivity contribution is 5.94. The van der Waals surface area contributed by atoms with E-state index in [4.69, 9.17) is 10.8 Å². The number of pyridine rings is 1. The van der Waals surface area contributed by atoms with E-state index in [1.54, 1.807) is 6.20 Å². The maximum Gasteiger partial charge on any atom is 0.229 e. The van der Waals surface area contributed by atoms with Crippen molar-refractivity contribution in [3.05, 3.63) is 78.7 Å². The molecule has 0 saturated carbocycles. The van der Waals surface area contributed by atoms with Crippen LogP contribution in [-0.4, -0.2) is 27.9 Å². The van der Waals surface area contributed by atoms with Gasteiger partial charge in [0, 0.05) is 36.1 Å². The van der Waals surface area contributed by atoms with E-state index in [0.717, 1.165) is 34.1 Å². The summed E-state index contributed by atoms with van der Waals surface area (Å²) in [6, 6.07) is 19.8. The molecule has 0 radical (unpaired) electrons. The molecule has 0 fully saturated rings. The molecule has 2 heterocycles. The normalized spacial score (nSPS) is 10.7. The second-order valence-electron chi connectivity index (χ2n) is 6.13. The molecule has 0 saturated heterocycles. The van der Waals surface area contributed by atoms with Gasteiger partial charge >= 0.3 is 0 Å². The molecule has 0 spiro atoms. The highest BCUT2D eigenvalue weighted by atomic mass is 15.2. The lowest BCUT2D eigenvalue weighted by atomic mass is 10.1. The number of hydrogen-bond acceptors (Lipinski definition) is 5. The molecule has 0 aliphatic rings. The van der Waals surface area contributed by atoms with E-state index in [-0.39, 0.29) is 5.62 Å². The lowest BCUT2D eigenvalue weighted by molar-refractivity contribution is 0.915. The number of aromatic nitrogens is 3. The van der Waals surface area contributed by atoms with E-state index in [9.17, 15) is 0 Å². The highest BCUT2D eigenvalue weighted by Gasteiger charge is 2.13. The molecule has 132 valence electrons. The van der Waals surface area contributed by atoms with Crippen LogP contribution in [0, 0.1) is 10.8 Å². The molecule has 0 aliphatic carbocycles. The molecule has 0 unspecified atom stereocenters. The van der Waals surface area contributed by atoms with Crippen LogP contribution in [0.25, 0.3) is 22.0 Å². The van der Waals surface area contributed by atoms with Gasteiger partial charge in [0.25, 0.3) is 0 Å². The molecule has 6 heteroatoms. The first-order valence-corrected chi connectivity index (χ1v) is 8.49. The Kier molecular flexibility index (Phi) is 4.22. The van der Waals surface area contributed by atoms with Gasteiger partial charge in [-0.15, -0.1) is 0 Å². The first kappa shape index (κ1) is 16.7. The fraction of sp³-hybridized carbons (Fsp3) is 0.0476. The van der Waals surface area contributed by atoms with Crippen LogP contribution in [0.3, 0.4) is 0 Å². The Balaban J connectivity index is 1.86. The van der Waals surface area contributed by atoms with Crippen molar-refractivity contribution in [2.24, 2.45) is 0 Å². The predicted octanol–water partition coefficient (Wildman–Crippen LogP) is 3.80. The molecule has 2 N–H and O–H groups in total. The van der Waals surface area contributed by atoms with Gasteiger partial charge in [-0.2, -0.15) is 4.98 Å². The van der Waals surface area contributed by atoms with Gasteiger partial charge in [-0.25, -0.2) is 0 Å². The number of nitrogens with zero attached hydrogens (tertiary/aromatic N) is 4. The molecule has 2 aromatic carbocycles. The van der Waals surface area contributed by atoms with Crippen molar-refractivity contribution >= 4 is 28.7 Å². The van der Waals surface area contributed by atoms with Crippen LogP contribution in [0.15, 0.2) is 73.1 Å². The Hall–Kier alpha value is -3.80. The van der Waals surface area contributed by atoms with Gasteiger partial charge < -0.3 is 4.90 Å². The molecule has 0 bridgehead atoms. The maximum absolute atomic E-state index is 8.19.